The third-order valence-corrected chi connectivity index (χ3v) is 8.19. The van der Waals surface area contributed by atoms with Gasteiger partial charge in [-0.15, -0.1) is 0 Å². The number of non-ortho nitro benzene ring substituents is 1. The van der Waals surface area contributed by atoms with Gasteiger partial charge >= 0.3 is 0 Å². The number of hydrogen-bond donors (Lipinski definition) is 1. The molecule has 2 aromatic carbocycles. The Bertz CT molecular complexity index is 1090. The molecule has 1 atom stereocenters. The zero-order valence-electron chi connectivity index (χ0n) is 20.6. The lowest BCUT2D eigenvalue weighted by Crippen LogP contribution is -2.41. The van der Waals surface area contributed by atoms with Crippen molar-refractivity contribution in [3.05, 3.63) is 69.8 Å². The summed E-state index contributed by atoms with van der Waals surface area (Å²) in [6.07, 6.45) is 5.61. The summed E-state index contributed by atoms with van der Waals surface area (Å²) in [6.45, 7) is 5.37. The van der Waals surface area contributed by atoms with E-state index in [1.54, 1.807) is 12.1 Å². The lowest BCUT2D eigenvalue weighted by atomic mass is 9.85. The van der Waals surface area contributed by atoms with Gasteiger partial charge in [-0.2, -0.15) is 0 Å². The van der Waals surface area contributed by atoms with Crippen molar-refractivity contribution in [2.45, 2.75) is 50.4 Å². The number of nitro benzene ring substituents is 1. The summed E-state index contributed by atoms with van der Waals surface area (Å²) in [5.41, 5.74) is 3.56. The summed E-state index contributed by atoms with van der Waals surface area (Å²) in [6, 6.07) is 15.4. The molecule has 3 heterocycles. The van der Waals surface area contributed by atoms with Crippen molar-refractivity contribution in [1.82, 2.24) is 10.2 Å². The number of amides is 2. The maximum atomic E-state index is 12.2. The Hall–Kier alpha value is -3.26. The van der Waals surface area contributed by atoms with E-state index in [0.717, 1.165) is 69.7 Å². The van der Waals surface area contributed by atoms with Crippen molar-refractivity contribution >= 4 is 23.2 Å². The Morgan fingerprint density at radius 2 is 1.47 bits per heavy atom. The van der Waals surface area contributed by atoms with E-state index in [9.17, 15) is 19.7 Å². The molecule has 1 N–H and O–H groups in total. The molecule has 3 fully saturated rings. The maximum Gasteiger partial charge on any atom is 0.269 e. The van der Waals surface area contributed by atoms with Gasteiger partial charge in [-0.1, -0.05) is 24.3 Å². The summed E-state index contributed by atoms with van der Waals surface area (Å²) in [7, 11) is 0. The van der Waals surface area contributed by atoms with Gasteiger partial charge in [0, 0.05) is 43.9 Å². The van der Waals surface area contributed by atoms with Crippen LogP contribution in [0.25, 0.3) is 0 Å². The van der Waals surface area contributed by atoms with Crippen molar-refractivity contribution in [3.63, 3.8) is 0 Å². The lowest BCUT2D eigenvalue weighted by molar-refractivity contribution is -0.384. The van der Waals surface area contributed by atoms with Gasteiger partial charge in [-0.3, -0.25) is 25.0 Å². The fourth-order valence-corrected chi connectivity index (χ4v) is 5.99. The van der Waals surface area contributed by atoms with E-state index >= 15 is 0 Å². The number of carbonyl (C=O) groups is 2. The SMILES string of the molecule is O=C1CCC(c2ccc(C3CCN(CC4CCN(c5ccc([N+](=O)[O-])cc5)CC4)CC3)cc2)C(=O)N1. The Balaban J connectivity index is 1.06. The molecule has 0 saturated carbocycles. The third kappa shape index (κ3) is 5.59. The number of imide groups is 1. The third-order valence-electron chi connectivity index (χ3n) is 8.19. The Labute approximate surface area is 211 Å². The summed E-state index contributed by atoms with van der Waals surface area (Å²) < 4.78 is 0. The topological polar surface area (TPSA) is 95.8 Å². The molecule has 36 heavy (non-hydrogen) atoms. The molecule has 190 valence electrons. The molecular formula is C28H34N4O4. The molecule has 3 aliphatic heterocycles. The first-order valence-electron chi connectivity index (χ1n) is 13.1. The van der Waals surface area contributed by atoms with Gasteiger partial charge in [0.1, 0.15) is 0 Å². The predicted octanol–water partition coefficient (Wildman–Crippen LogP) is 4.21. The summed E-state index contributed by atoms with van der Waals surface area (Å²) in [5.74, 6) is 0.690. The largest absolute Gasteiger partial charge is 0.372 e. The Morgan fingerprint density at radius 3 is 2.08 bits per heavy atom. The number of piperidine rings is 3. The molecule has 8 nitrogen and oxygen atoms in total. The van der Waals surface area contributed by atoms with Crippen LogP contribution in [0.2, 0.25) is 0 Å². The van der Waals surface area contributed by atoms with Gasteiger partial charge < -0.3 is 9.80 Å². The average molecular weight is 491 g/mol. The highest BCUT2D eigenvalue weighted by atomic mass is 16.6. The van der Waals surface area contributed by atoms with E-state index < -0.39 is 0 Å². The molecule has 3 aliphatic rings. The quantitative estimate of drug-likeness (QED) is 0.370. The molecule has 0 spiro atoms. The van der Waals surface area contributed by atoms with Gasteiger partial charge in [0.05, 0.1) is 10.8 Å². The number of rotatable bonds is 6. The van der Waals surface area contributed by atoms with Crippen molar-refractivity contribution in [2.24, 2.45) is 5.92 Å². The van der Waals surface area contributed by atoms with Crippen LogP contribution < -0.4 is 10.2 Å². The van der Waals surface area contributed by atoms with Crippen LogP contribution >= 0.6 is 0 Å². The van der Waals surface area contributed by atoms with Crippen LogP contribution in [0.5, 0.6) is 0 Å². The van der Waals surface area contributed by atoms with Gasteiger partial charge in [0.15, 0.2) is 0 Å². The van der Waals surface area contributed by atoms with Gasteiger partial charge in [0.25, 0.3) is 5.69 Å². The van der Waals surface area contributed by atoms with Crippen LogP contribution in [-0.2, 0) is 9.59 Å². The maximum absolute atomic E-state index is 12.2. The molecule has 5 rings (SSSR count). The monoisotopic (exact) mass is 490 g/mol. The number of nitrogens with one attached hydrogen (secondary N) is 1. The van der Waals surface area contributed by atoms with Crippen molar-refractivity contribution in [2.75, 3.05) is 37.6 Å². The van der Waals surface area contributed by atoms with Crippen LogP contribution in [0.3, 0.4) is 0 Å². The van der Waals surface area contributed by atoms with E-state index in [1.807, 2.05) is 12.1 Å². The molecule has 0 aromatic heterocycles. The molecule has 2 amide bonds. The second-order valence-corrected chi connectivity index (χ2v) is 10.4. The number of likely N-dealkylation sites (tertiary alicyclic amines) is 1. The fraction of sp³-hybridized carbons (Fsp3) is 0.500. The first-order valence-corrected chi connectivity index (χ1v) is 13.1. The number of benzene rings is 2. The number of nitro groups is 1. The summed E-state index contributed by atoms with van der Waals surface area (Å²) >= 11 is 0. The molecule has 3 saturated heterocycles. The predicted molar refractivity (Wildman–Crippen MR) is 138 cm³/mol. The lowest BCUT2D eigenvalue weighted by Gasteiger charge is -2.38. The first kappa shape index (κ1) is 24.4. The number of hydrogen-bond acceptors (Lipinski definition) is 6. The van der Waals surface area contributed by atoms with Crippen molar-refractivity contribution in [3.8, 4) is 0 Å². The van der Waals surface area contributed by atoms with Crippen molar-refractivity contribution < 1.29 is 14.5 Å². The fourth-order valence-electron chi connectivity index (χ4n) is 5.99. The molecule has 8 heteroatoms. The van der Waals surface area contributed by atoms with Gasteiger partial charge in [0.2, 0.25) is 11.8 Å². The van der Waals surface area contributed by atoms with Crippen LogP contribution in [0.1, 0.15) is 61.5 Å². The van der Waals surface area contributed by atoms with Crippen LogP contribution in [0.15, 0.2) is 48.5 Å². The second-order valence-electron chi connectivity index (χ2n) is 10.4. The van der Waals surface area contributed by atoms with E-state index in [4.69, 9.17) is 0 Å². The zero-order chi connectivity index (χ0) is 25.1. The van der Waals surface area contributed by atoms with E-state index in [1.165, 1.54) is 5.56 Å². The number of carbonyl (C=O) groups excluding carboxylic acids is 2. The van der Waals surface area contributed by atoms with Gasteiger partial charge in [-0.25, -0.2) is 0 Å². The average Bonchev–Trinajstić information content (AvgIpc) is 2.90. The normalized spacial score (nSPS) is 22.4. The Morgan fingerprint density at radius 1 is 0.833 bits per heavy atom. The first-order chi connectivity index (χ1) is 17.5. The molecular weight excluding hydrogens is 456 g/mol. The molecule has 0 bridgehead atoms. The van der Waals surface area contributed by atoms with Crippen LogP contribution in [0.4, 0.5) is 11.4 Å². The van der Waals surface area contributed by atoms with Crippen LogP contribution in [0, 0.1) is 16.0 Å². The summed E-state index contributed by atoms with van der Waals surface area (Å²) in [4.78, 5) is 39.0. The Kier molecular flexibility index (Phi) is 7.32. The molecule has 2 aromatic rings. The highest BCUT2D eigenvalue weighted by molar-refractivity contribution is 6.00. The van der Waals surface area contributed by atoms with E-state index in [2.05, 4.69) is 39.4 Å². The molecule has 0 radical (unpaired) electrons. The standard InChI is InChI=1S/C28H34N4O4/c33-27-10-9-26(28(34)29-27)23-3-1-21(2-4-23)22-13-15-30(16-14-22)19-20-11-17-31(18-12-20)24-5-7-25(8-6-24)32(35)36/h1-8,20,22,26H,9-19H2,(H,29,33,34). The minimum absolute atomic E-state index is 0.141. The van der Waals surface area contributed by atoms with Crippen LogP contribution in [-0.4, -0.2) is 54.4 Å². The zero-order valence-corrected chi connectivity index (χ0v) is 20.6. The van der Waals surface area contributed by atoms with E-state index in [0.29, 0.717) is 24.7 Å². The number of nitrogens with zero attached hydrogens (tertiary/aromatic N) is 3. The highest BCUT2D eigenvalue weighted by Gasteiger charge is 2.29. The smallest absolute Gasteiger partial charge is 0.269 e. The second kappa shape index (κ2) is 10.8. The minimum Gasteiger partial charge on any atom is -0.372 e. The van der Waals surface area contributed by atoms with E-state index in [-0.39, 0.29) is 28.3 Å². The molecule has 1 unspecified atom stereocenters. The van der Waals surface area contributed by atoms with Gasteiger partial charge in [-0.05, 0) is 80.3 Å². The summed E-state index contributed by atoms with van der Waals surface area (Å²) in [5, 5.41) is 13.3. The molecule has 0 aliphatic carbocycles. The highest BCUT2D eigenvalue weighted by Crippen LogP contribution is 2.32. The van der Waals surface area contributed by atoms with Crippen molar-refractivity contribution in [1.29, 1.82) is 0 Å². The minimum atomic E-state index is -0.351. The number of anilines is 1.